The molecule has 2 aromatic carbocycles. The van der Waals surface area contributed by atoms with Crippen molar-refractivity contribution in [3.8, 4) is 5.75 Å². The van der Waals surface area contributed by atoms with Crippen LogP contribution in [0, 0.1) is 5.92 Å². The standard InChI is InChI=1S/C24H26N4O2/c1-16-22(19-6-2-3-8-21(19)30-24(16)10-13-25-14-11-24)28-23(29)27-20-7-4-5-17-15-26-12-9-18(17)20/h2-9,12,15-16,22,25H,10-11,13-14H2,1H3,(H2,27,28,29). The number of urea groups is 1. The third kappa shape index (κ3) is 3.27. The fraction of sp³-hybridized carbons (Fsp3) is 0.333. The fourth-order valence-electron chi connectivity index (χ4n) is 4.86. The Labute approximate surface area is 176 Å². The van der Waals surface area contributed by atoms with E-state index >= 15 is 0 Å². The predicted octanol–water partition coefficient (Wildman–Crippen LogP) is 4.25. The minimum Gasteiger partial charge on any atom is -0.486 e. The number of nitrogens with zero attached hydrogens (tertiary/aromatic N) is 1. The molecule has 6 heteroatoms. The summed E-state index contributed by atoms with van der Waals surface area (Å²) in [5.74, 6) is 1.02. The highest BCUT2D eigenvalue weighted by molar-refractivity contribution is 6.01. The molecule has 1 spiro atoms. The number of aromatic nitrogens is 1. The molecule has 2 unspecified atom stereocenters. The summed E-state index contributed by atoms with van der Waals surface area (Å²) in [6.45, 7) is 4.04. The quantitative estimate of drug-likeness (QED) is 0.599. The van der Waals surface area contributed by atoms with E-state index in [1.54, 1.807) is 12.4 Å². The number of piperidine rings is 1. The minimum absolute atomic E-state index is 0.121. The Morgan fingerprint density at radius 1 is 1.13 bits per heavy atom. The van der Waals surface area contributed by atoms with Crippen LogP contribution >= 0.6 is 0 Å². The zero-order chi connectivity index (χ0) is 20.6. The smallest absolute Gasteiger partial charge is 0.319 e. The molecule has 30 heavy (non-hydrogen) atoms. The highest BCUT2D eigenvalue weighted by Crippen LogP contribution is 2.47. The molecule has 0 bridgehead atoms. The number of rotatable bonds is 2. The van der Waals surface area contributed by atoms with Crippen molar-refractivity contribution in [2.45, 2.75) is 31.4 Å². The van der Waals surface area contributed by atoms with Gasteiger partial charge in [0, 0.05) is 34.6 Å². The number of fused-ring (bicyclic) bond motifs is 2. The van der Waals surface area contributed by atoms with Crippen LogP contribution in [0.5, 0.6) is 5.75 Å². The number of hydrogen-bond acceptors (Lipinski definition) is 4. The van der Waals surface area contributed by atoms with Crippen LogP contribution in [0.2, 0.25) is 0 Å². The Hall–Kier alpha value is -3.12. The molecule has 3 aromatic rings. The number of carbonyl (C=O) groups excluding carboxylic acids is 1. The summed E-state index contributed by atoms with van der Waals surface area (Å²) in [7, 11) is 0. The van der Waals surface area contributed by atoms with Gasteiger partial charge < -0.3 is 20.7 Å². The van der Waals surface area contributed by atoms with E-state index in [-0.39, 0.29) is 23.6 Å². The molecule has 2 amide bonds. The predicted molar refractivity (Wildman–Crippen MR) is 118 cm³/mol. The lowest BCUT2D eigenvalue weighted by atomic mass is 9.73. The van der Waals surface area contributed by atoms with Gasteiger partial charge in [-0.05, 0) is 44.1 Å². The average molecular weight is 402 g/mol. The summed E-state index contributed by atoms with van der Waals surface area (Å²) in [5, 5.41) is 11.7. The molecule has 2 aliphatic heterocycles. The van der Waals surface area contributed by atoms with Crippen LogP contribution in [0.15, 0.2) is 60.9 Å². The summed E-state index contributed by atoms with van der Waals surface area (Å²) < 4.78 is 6.54. The number of pyridine rings is 1. The Bertz CT molecular complexity index is 1070. The Morgan fingerprint density at radius 3 is 2.83 bits per heavy atom. The number of carbonyl (C=O) groups is 1. The molecular weight excluding hydrogens is 376 g/mol. The van der Waals surface area contributed by atoms with Crippen LogP contribution in [0.25, 0.3) is 10.8 Å². The molecule has 0 aliphatic carbocycles. The summed E-state index contributed by atoms with van der Waals surface area (Å²) in [6, 6.07) is 15.5. The summed E-state index contributed by atoms with van der Waals surface area (Å²) >= 11 is 0. The van der Waals surface area contributed by atoms with E-state index in [9.17, 15) is 4.79 Å². The van der Waals surface area contributed by atoms with E-state index in [0.717, 1.165) is 53.7 Å². The van der Waals surface area contributed by atoms with Crippen LogP contribution in [0.1, 0.15) is 31.4 Å². The summed E-state index contributed by atoms with van der Waals surface area (Å²) in [4.78, 5) is 17.2. The molecule has 2 atom stereocenters. The number of ether oxygens (including phenoxy) is 1. The Balaban J connectivity index is 1.43. The van der Waals surface area contributed by atoms with E-state index in [0.29, 0.717) is 0 Å². The normalized spacial score (nSPS) is 22.2. The fourth-order valence-corrected chi connectivity index (χ4v) is 4.86. The second-order valence-electron chi connectivity index (χ2n) is 8.22. The van der Waals surface area contributed by atoms with Crippen molar-refractivity contribution in [3.05, 3.63) is 66.5 Å². The molecule has 0 saturated carbocycles. The van der Waals surface area contributed by atoms with Gasteiger partial charge in [-0.3, -0.25) is 4.98 Å². The summed E-state index contributed by atoms with van der Waals surface area (Å²) in [6.07, 6.45) is 5.40. The molecule has 154 valence electrons. The van der Waals surface area contributed by atoms with Crippen molar-refractivity contribution in [1.29, 1.82) is 0 Å². The molecule has 1 fully saturated rings. The molecule has 6 nitrogen and oxygen atoms in total. The van der Waals surface area contributed by atoms with Gasteiger partial charge in [-0.1, -0.05) is 37.3 Å². The number of para-hydroxylation sites is 1. The van der Waals surface area contributed by atoms with Crippen molar-refractivity contribution >= 4 is 22.5 Å². The number of amides is 2. The largest absolute Gasteiger partial charge is 0.486 e. The van der Waals surface area contributed by atoms with Crippen LogP contribution in [-0.4, -0.2) is 29.7 Å². The van der Waals surface area contributed by atoms with Gasteiger partial charge in [-0.15, -0.1) is 0 Å². The first-order valence-electron chi connectivity index (χ1n) is 10.6. The van der Waals surface area contributed by atoms with E-state index < -0.39 is 0 Å². The SMILES string of the molecule is CC1C(NC(=O)Nc2cccc3cnccc23)c2ccccc2OC12CCNCC2. The van der Waals surface area contributed by atoms with Crippen LogP contribution in [-0.2, 0) is 0 Å². The second-order valence-corrected chi connectivity index (χ2v) is 8.22. The average Bonchev–Trinajstić information content (AvgIpc) is 2.78. The second kappa shape index (κ2) is 7.61. The van der Waals surface area contributed by atoms with E-state index in [2.05, 4.69) is 27.9 Å². The first kappa shape index (κ1) is 18.9. The maximum Gasteiger partial charge on any atom is 0.319 e. The first-order valence-corrected chi connectivity index (χ1v) is 10.6. The van der Waals surface area contributed by atoms with Crippen molar-refractivity contribution in [2.75, 3.05) is 18.4 Å². The lowest BCUT2D eigenvalue weighted by Crippen LogP contribution is -2.57. The number of nitrogens with one attached hydrogen (secondary N) is 3. The highest BCUT2D eigenvalue weighted by Gasteiger charge is 2.48. The zero-order valence-corrected chi connectivity index (χ0v) is 17.0. The Kier molecular flexibility index (Phi) is 4.79. The number of benzene rings is 2. The number of anilines is 1. The third-order valence-corrected chi connectivity index (χ3v) is 6.56. The maximum atomic E-state index is 13.1. The molecule has 1 aromatic heterocycles. The molecule has 1 saturated heterocycles. The van der Waals surface area contributed by atoms with Crippen LogP contribution in [0.4, 0.5) is 10.5 Å². The van der Waals surface area contributed by atoms with Crippen LogP contribution in [0.3, 0.4) is 0 Å². The monoisotopic (exact) mass is 402 g/mol. The van der Waals surface area contributed by atoms with Gasteiger partial charge in [-0.2, -0.15) is 0 Å². The van der Waals surface area contributed by atoms with Crippen LogP contribution < -0.4 is 20.7 Å². The van der Waals surface area contributed by atoms with Gasteiger partial charge in [0.15, 0.2) is 0 Å². The van der Waals surface area contributed by atoms with Gasteiger partial charge in [-0.25, -0.2) is 4.79 Å². The van der Waals surface area contributed by atoms with Gasteiger partial charge in [0.2, 0.25) is 0 Å². The zero-order valence-electron chi connectivity index (χ0n) is 17.0. The van der Waals surface area contributed by atoms with Crippen molar-refractivity contribution in [3.63, 3.8) is 0 Å². The van der Waals surface area contributed by atoms with Crippen molar-refractivity contribution < 1.29 is 9.53 Å². The molecule has 3 N–H and O–H groups in total. The van der Waals surface area contributed by atoms with Gasteiger partial charge in [0.05, 0.1) is 11.7 Å². The van der Waals surface area contributed by atoms with Crippen molar-refractivity contribution in [2.24, 2.45) is 5.92 Å². The molecule has 0 radical (unpaired) electrons. The van der Waals surface area contributed by atoms with Gasteiger partial charge >= 0.3 is 6.03 Å². The molecule has 2 aliphatic rings. The van der Waals surface area contributed by atoms with Gasteiger partial charge in [0.25, 0.3) is 0 Å². The number of hydrogen-bond donors (Lipinski definition) is 3. The van der Waals surface area contributed by atoms with E-state index in [1.165, 1.54) is 0 Å². The lowest BCUT2D eigenvalue weighted by Gasteiger charge is -2.49. The first-order chi connectivity index (χ1) is 14.7. The highest BCUT2D eigenvalue weighted by atomic mass is 16.5. The minimum atomic E-state index is -0.261. The van der Waals surface area contributed by atoms with Gasteiger partial charge in [0.1, 0.15) is 11.4 Å². The molecule has 5 rings (SSSR count). The van der Waals surface area contributed by atoms with Crippen molar-refractivity contribution in [1.82, 2.24) is 15.6 Å². The third-order valence-electron chi connectivity index (χ3n) is 6.56. The van der Waals surface area contributed by atoms with E-state index in [4.69, 9.17) is 4.74 Å². The Morgan fingerprint density at radius 2 is 1.97 bits per heavy atom. The topological polar surface area (TPSA) is 75.3 Å². The summed E-state index contributed by atoms with van der Waals surface area (Å²) in [5.41, 5.74) is 1.55. The lowest BCUT2D eigenvalue weighted by molar-refractivity contribution is -0.0413. The molecular formula is C24H26N4O2. The molecule has 3 heterocycles. The maximum absolute atomic E-state index is 13.1. The van der Waals surface area contributed by atoms with E-state index in [1.807, 2.05) is 48.5 Å².